The first-order valence-corrected chi connectivity index (χ1v) is 4.62. The molecule has 78 valence electrons. The lowest BCUT2D eigenvalue weighted by Gasteiger charge is -2.20. The van der Waals surface area contributed by atoms with Crippen LogP contribution in [0.25, 0.3) is 10.9 Å². The first-order chi connectivity index (χ1) is 7.03. The van der Waals surface area contributed by atoms with Crippen LogP contribution in [0.2, 0.25) is 0 Å². The van der Waals surface area contributed by atoms with Gasteiger partial charge in [0.05, 0.1) is 0 Å². The van der Waals surface area contributed by atoms with Crippen molar-refractivity contribution in [1.82, 2.24) is 4.98 Å². The Bertz CT molecular complexity index is 514. The van der Waals surface area contributed by atoms with E-state index in [2.05, 4.69) is 4.98 Å². The molecule has 0 radical (unpaired) electrons. The molecule has 0 spiro atoms. The summed E-state index contributed by atoms with van der Waals surface area (Å²) in [6.45, 7) is 1.50. The maximum atomic E-state index is 11.1. The molecule has 0 saturated carbocycles. The van der Waals surface area contributed by atoms with Crippen LogP contribution in [-0.2, 0) is 10.3 Å². The summed E-state index contributed by atoms with van der Waals surface area (Å²) in [6.07, 6.45) is 1.77. The maximum Gasteiger partial charge on any atom is 0.328 e. The van der Waals surface area contributed by atoms with E-state index >= 15 is 0 Å². The number of carbonyl (C=O) groups is 1. The third-order valence-corrected chi connectivity index (χ3v) is 2.60. The molecule has 15 heavy (non-hydrogen) atoms. The molecule has 0 unspecified atom stereocenters. The van der Waals surface area contributed by atoms with Crippen LogP contribution < -0.4 is 5.73 Å². The van der Waals surface area contributed by atoms with Gasteiger partial charge in [-0.3, -0.25) is 0 Å². The summed E-state index contributed by atoms with van der Waals surface area (Å²) in [5.41, 5.74) is 5.95. The van der Waals surface area contributed by atoms with Gasteiger partial charge in [-0.2, -0.15) is 0 Å². The van der Waals surface area contributed by atoms with Gasteiger partial charge >= 0.3 is 5.97 Å². The summed E-state index contributed by atoms with van der Waals surface area (Å²) < 4.78 is 0. The third-order valence-electron chi connectivity index (χ3n) is 2.60. The minimum Gasteiger partial charge on any atom is -0.480 e. The number of aliphatic carboxylic acids is 1. The van der Waals surface area contributed by atoms with E-state index in [-0.39, 0.29) is 0 Å². The predicted octanol–water partition coefficient (Wildman–Crippen LogP) is 1.43. The minimum absolute atomic E-state index is 0.619. The van der Waals surface area contributed by atoms with E-state index in [9.17, 15) is 4.79 Å². The Morgan fingerprint density at radius 2 is 2.20 bits per heavy atom. The van der Waals surface area contributed by atoms with Crippen molar-refractivity contribution in [2.75, 3.05) is 0 Å². The molecule has 0 aliphatic rings. The molecular formula is C11H12N2O2. The number of H-pyrrole nitrogens is 1. The van der Waals surface area contributed by atoms with Gasteiger partial charge in [0.25, 0.3) is 0 Å². The Morgan fingerprint density at radius 3 is 2.87 bits per heavy atom. The average Bonchev–Trinajstić information content (AvgIpc) is 2.64. The van der Waals surface area contributed by atoms with E-state index in [0.717, 1.165) is 10.9 Å². The van der Waals surface area contributed by atoms with Crippen molar-refractivity contribution in [3.05, 3.63) is 36.0 Å². The highest BCUT2D eigenvalue weighted by atomic mass is 16.4. The van der Waals surface area contributed by atoms with Gasteiger partial charge in [0.1, 0.15) is 5.54 Å². The van der Waals surface area contributed by atoms with E-state index in [4.69, 9.17) is 10.8 Å². The van der Waals surface area contributed by atoms with Crippen LogP contribution in [0.15, 0.2) is 30.5 Å². The number of carboxylic acid groups (broad SMARTS) is 1. The monoisotopic (exact) mass is 204 g/mol. The van der Waals surface area contributed by atoms with Crippen LogP contribution in [0.4, 0.5) is 0 Å². The molecule has 0 bridgehead atoms. The van der Waals surface area contributed by atoms with Crippen LogP contribution in [0.3, 0.4) is 0 Å². The van der Waals surface area contributed by atoms with Crippen molar-refractivity contribution >= 4 is 16.9 Å². The number of nitrogens with one attached hydrogen (secondary N) is 1. The Kier molecular flexibility index (Phi) is 2.01. The Labute approximate surface area is 86.7 Å². The molecule has 4 nitrogen and oxygen atoms in total. The topological polar surface area (TPSA) is 79.1 Å². The fraction of sp³-hybridized carbons (Fsp3) is 0.182. The molecule has 0 fully saturated rings. The molecule has 0 aliphatic heterocycles. The number of aromatic nitrogens is 1. The van der Waals surface area contributed by atoms with Crippen LogP contribution in [0, 0.1) is 0 Å². The summed E-state index contributed by atoms with van der Waals surface area (Å²) in [5.74, 6) is -1.03. The zero-order valence-corrected chi connectivity index (χ0v) is 8.32. The highest BCUT2D eigenvalue weighted by Crippen LogP contribution is 2.26. The summed E-state index contributed by atoms with van der Waals surface area (Å²) in [6, 6.07) is 7.25. The van der Waals surface area contributed by atoms with Crippen molar-refractivity contribution in [2.45, 2.75) is 12.5 Å². The molecule has 0 amide bonds. The lowest BCUT2D eigenvalue weighted by molar-refractivity contribution is -0.142. The number of benzene rings is 1. The first kappa shape index (κ1) is 9.73. The predicted molar refractivity (Wildman–Crippen MR) is 57.5 cm³/mol. The molecule has 1 atom stereocenters. The van der Waals surface area contributed by atoms with Crippen molar-refractivity contribution < 1.29 is 9.90 Å². The van der Waals surface area contributed by atoms with Crippen molar-refractivity contribution in [1.29, 1.82) is 0 Å². The van der Waals surface area contributed by atoms with Gasteiger partial charge in [0, 0.05) is 17.1 Å². The second-order valence-corrected chi connectivity index (χ2v) is 3.75. The number of carboxylic acids is 1. The van der Waals surface area contributed by atoms with Crippen molar-refractivity contribution in [3.8, 4) is 0 Å². The molecule has 4 N–H and O–H groups in total. The summed E-state index contributed by atoms with van der Waals surface area (Å²) in [4.78, 5) is 14.1. The van der Waals surface area contributed by atoms with Gasteiger partial charge in [-0.15, -0.1) is 0 Å². The highest BCUT2D eigenvalue weighted by Gasteiger charge is 2.31. The molecule has 1 aromatic carbocycles. The lowest BCUT2D eigenvalue weighted by Crippen LogP contribution is -2.41. The van der Waals surface area contributed by atoms with E-state index in [1.165, 1.54) is 6.92 Å². The number of hydrogen-bond acceptors (Lipinski definition) is 2. The maximum absolute atomic E-state index is 11.1. The van der Waals surface area contributed by atoms with Crippen LogP contribution in [-0.4, -0.2) is 16.1 Å². The number of fused-ring (bicyclic) bond motifs is 1. The minimum atomic E-state index is -1.36. The Balaban J connectivity index is 2.71. The normalized spacial score (nSPS) is 15.1. The van der Waals surface area contributed by atoms with Crippen LogP contribution in [0.1, 0.15) is 12.5 Å². The van der Waals surface area contributed by atoms with Crippen LogP contribution in [0.5, 0.6) is 0 Å². The quantitative estimate of drug-likeness (QED) is 0.692. The first-order valence-electron chi connectivity index (χ1n) is 4.62. The van der Waals surface area contributed by atoms with Crippen molar-refractivity contribution in [3.63, 3.8) is 0 Å². The van der Waals surface area contributed by atoms with Gasteiger partial charge in [-0.25, -0.2) is 4.79 Å². The van der Waals surface area contributed by atoms with Gasteiger partial charge in [-0.05, 0) is 24.6 Å². The second-order valence-electron chi connectivity index (χ2n) is 3.75. The van der Waals surface area contributed by atoms with E-state index in [0.29, 0.717) is 5.56 Å². The standard InChI is InChI=1S/C11H12N2O2/c1-11(12,10(14)15)8-3-2-4-9-7(8)5-6-13-9/h2-6,13H,12H2,1H3,(H,14,15)/t11-/m1/s1. The van der Waals surface area contributed by atoms with Crippen LogP contribution >= 0.6 is 0 Å². The molecule has 0 saturated heterocycles. The van der Waals surface area contributed by atoms with Crippen molar-refractivity contribution in [2.24, 2.45) is 5.73 Å². The smallest absolute Gasteiger partial charge is 0.328 e. The molecule has 4 heteroatoms. The Hall–Kier alpha value is -1.81. The molecule has 2 aromatic rings. The van der Waals surface area contributed by atoms with E-state index in [1.54, 1.807) is 18.3 Å². The average molecular weight is 204 g/mol. The molecule has 0 aliphatic carbocycles. The summed E-state index contributed by atoms with van der Waals surface area (Å²) in [7, 11) is 0. The Morgan fingerprint density at radius 1 is 1.47 bits per heavy atom. The van der Waals surface area contributed by atoms with Gasteiger partial charge in [0.15, 0.2) is 0 Å². The molecule has 2 rings (SSSR count). The fourth-order valence-corrected chi connectivity index (χ4v) is 1.65. The second kappa shape index (κ2) is 3.10. The number of nitrogens with two attached hydrogens (primary N) is 1. The van der Waals surface area contributed by atoms with Gasteiger partial charge in [0.2, 0.25) is 0 Å². The molecule has 1 heterocycles. The number of aromatic amines is 1. The number of hydrogen-bond donors (Lipinski definition) is 3. The van der Waals surface area contributed by atoms with Gasteiger partial charge in [-0.1, -0.05) is 12.1 Å². The lowest BCUT2D eigenvalue weighted by atomic mass is 9.91. The SMILES string of the molecule is C[C@](N)(C(=O)O)c1cccc2[nH]ccc12. The van der Waals surface area contributed by atoms with Gasteiger partial charge < -0.3 is 15.8 Å². The molecule has 1 aromatic heterocycles. The number of rotatable bonds is 2. The van der Waals surface area contributed by atoms with E-state index < -0.39 is 11.5 Å². The highest BCUT2D eigenvalue weighted by molar-refractivity contribution is 5.91. The summed E-state index contributed by atoms with van der Waals surface area (Å²) in [5, 5.41) is 9.91. The summed E-state index contributed by atoms with van der Waals surface area (Å²) >= 11 is 0. The third kappa shape index (κ3) is 1.39. The largest absolute Gasteiger partial charge is 0.480 e. The van der Waals surface area contributed by atoms with E-state index in [1.807, 2.05) is 12.1 Å². The molecular weight excluding hydrogens is 192 g/mol. The zero-order chi connectivity index (χ0) is 11.1. The zero-order valence-electron chi connectivity index (χ0n) is 8.32. The fourth-order valence-electron chi connectivity index (χ4n) is 1.65.